The van der Waals surface area contributed by atoms with Crippen LogP contribution in [0.1, 0.15) is 52.4 Å². The van der Waals surface area contributed by atoms with Crippen molar-refractivity contribution in [1.29, 1.82) is 0 Å². The lowest BCUT2D eigenvalue weighted by Crippen LogP contribution is -2.63. The Balaban J connectivity index is 1.53. The van der Waals surface area contributed by atoms with Gasteiger partial charge in [-0.15, -0.1) is 0 Å². The summed E-state index contributed by atoms with van der Waals surface area (Å²) in [5.41, 5.74) is 0.483. The van der Waals surface area contributed by atoms with Crippen LogP contribution in [0.4, 0.5) is 0 Å². The molecule has 1 unspecified atom stereocenters. The van der Waals surface area contributed by atoms with E-state index in [-0.39, 0.29) is 0 Å². The molecule has 1 spiro atoms. The largest absolute Gasteiger partial charge is 0.308 e. The predicted octanol–water partition coefficient (Wildman–Crippen LogP) is 2.32. The van der Waals surface area contributed by atoms with Gasteiger partial charge in [-0.2, -0.15) is 0 Å². The Morgan fingerprint density at radius 2 is 1.85 bits per heavy atom. The van der Waals surface area contributed by atoms with Gasteiger partial charge in [0, 0.05) is 31.2 Å². The Morgan fingerprint density at radius 1 is 1.15 bits per heavy atom. The molecule has 20 heavy (non-hydrogen) atoms. The third-order valence-electron chi connectivity index (χ3n) is 6.11. The first kappa shape index (κ1) is 14.8. The molecular formula is C17H33N3. The fourth-order valence-corrected chi connectivity index (χ4v) is 4.54. The number of likely N-dealkylation sites (tertiary alicyclic amines) is 1. The maximum absolute atomic E-state index is 3.88. The van der Waals surface area contributed by atoms with E-state index in [1.807, 2.05) is 0 Å². The molecule has 1 atom stereocenters. The molecule has 3 heteroatoms. The molecule has 1 saturated carbocycles. The molecule has 1 aliphatic carbocycles. The van der Waals surface area contributed by atoms with E-state index in [2.05, 4.69) is 29.0 Å². The second kappa shape index (κ2) is 6.33. The van der Waals surface area contributed by atoms with Crippen LogP contribution in [0.15, 0.2) is 0 Å². The average molecular weight is 279 g/mol. The molecule has 2 saturated heterocycles. The van der Waals surface area contributed by atoms with Gasteiger partial charge in [-0.1, -0.05) is 19.8 Å². The van der Waals surface area contributed by atoms with Crippen molar-refractivity contribution in [3.05, 3.63) is 0 Å². The third kappa shape index (κ3) is 3.20. The molecule has 0 aromatic carbocycles. The molecular weight excluding hydrogens is 246 g/mol. The summed E-state index contributed by atoms with van der Waals surface area (Å²) in [6, 6.07) is 0.727. The van der Waals surface area contributed by atoms with E-state index in [4.69, 9.17) is 0 Å². The SMILES string of the molecule is CCN1CCC(CN2CC3(CCCC3)NCC2C)CC1. The van der Waals surface area contributed by atoms with Gasteiger partial charge in [-0.25, -0.2) is 0 Å². The van der Waals surface area contributed by atoms with E-state index in [0.717, 1.165) is 12.0 Å². The lowest BCUT2D eigenvalue weighted by atomic mass is 9.90. The van der Waals surface area contributed by atoms with Crippen LogP contribution in [-0.2, 0) is 0 Å². The fraction of sp³-hybridized carbons (Fsp3) is 1.00. The Kier molecular flexibility index (Phi) is 4.68. The zero-order valence-electron chi connectivity index (χ0n) is 13.5. The summed E-state index contributed by atoms with van der Waals surface area (Å²) < 4.78 is 0. The first-order valence-corrected chi connectivity index (χ1v) is 8.92. The number of nitrogens with zero attached hydrogens (tertiary/aromatic N) is 2. The summed E-state index contributed by atoms with van der Waals surface area (Å²) in [4.78, 5) is 5.42. The normalized spacial score (nSPS) is 33.0. The Morgan fingerprint density at radius 3 is 2.50 bits per heavy atom. The highest BCUT2D eigenvalue weighted by Gasteiger charge is 2.40. The molecule has 0 aromatic heterocycles. The summed E-state index contributed by atoms with van der Waals surface area (Å²) in [7, 11) is 0. The van der Waals surface area contributed by atoms with Crippen molar-refractivity contribution in [1.82, 2.24) is 15.1 Å². The van der Waals surface area contributed by atoms with Crippen LogP contribution in [0.5, 0.6) is 0 Å². The van der Waals surface area contributed by atoms with E-state index in [1.165, 1.54) is 77.8 Å². The van der Waals surface area contributed by atoms with Crippen molar-refractivity contribution in [3.8, 4) is 0 Å². The van der Waals surface area contributed by atoms with Crippen LogP contribution >= 0.6 is 0 Å². The van der Waals surface area contributed by atoms with Crippen LogP contribution in [0.25, 0.3) is 0 Å². The number of nitrogens with one attached hydrogen (secondary N) is 1. The molecule has 3 fully saturated rings. The first-order valence-electron chi connectivity index (χ1n) is 8.92. The van der Waals surface area contributed by atoms with Gasteiger partial charge in [0.05, 0.1) is 0 Å². The van der Waals surface area contributed by atoms with E-state index in [1.54, 1.807) is 0 Å². The van der Waals surface area contributed by atoms with Gasteiger partial charge in [0.1, 0.15) is 0 Å². The standard InChI is InChI=1S/C17H33N3/c1-3-19-10-6-16(7-11-19)13-20-14-17(8-4-5-9-17)18-12-15(20)2/h15-16,18H,3-14H2,1-2H3. The van der Waals surface area contributed by atoms with Crippen molar-refractivity contribution in [2.24, 2.45) is 5.92 Å². The Hall–Kier alpha value is -0.120. The van der Waals surface area contributed by atoms with Crippen LogP contribution in [0.3, 0.4) is 0 Å². The molecule has 2 aliphatic heterocycles. The van der Waals surface area contributed by atoms with Crippen LogP contribution in [0.2, 0.25) is 0 Å². The van der Waals surface area contributed by atoms with Gasteiger partial charge in [0.2, 0.25) is 0 Å². The van der Waals surface area contributed by atoms with Gasteiger partial charge in [-0.05, 0) is 58.2 Å². The molecule has 116 valence electrons. The highest BCUT2D eigenvalue weighted by Crippen LogP contribution is 2.33. The summed E-state index contributed by atoms with van der Waals surface area (Å²) >= 11 is 0. The van der Waals surface area contributed by atoms with Gasteiger partial charge in [-0.3, -0.25) is 4.90 Å². The Labute approximate surface area is 125 Å². The maximum Gasteiger partial charge on any atom is 0.0309 e. The van der Waals surface area contributed by atoms with Gasteiger partial charge in [0.25, 0.3) is 0 Å². The minimum atomic E-state index is 0.483. The molecule has 3 aliphatic rings. The highest BCUT2D eigenvalue weighted by molar-refractivity contribution is 5.00. The number of piperidine rings is 1. The monoisotopic (exact) mass is 279 g/mol. The number of hydrogen-bond acceptors (Lipinski definition) is 3. The summed E-state index contributed by atoms with van der Waals surface area (Å²) in [5, 5.41) is 3.88. The molecule has 0 bridgehead atoms. The predicted molar refractivity (Wildman–Crippen MR) is 85.1 cm³/mol. The van der Waals surface area contributed by atoms with E-state index in [0.29, 0.717) is 5.54 Å². The minimum absolute atomic E-state index is 0.483. The van der Waals surface area contributed by atoms with Gasteiger partial charge >= 0.3 is 0 Å². The molecule has 1 N–H and O–H groups in total. The summed E-state index contributed by atoms with van der Waals surface area (Å²) in [6.07, 6.45) is 8.51. The minimum Gasteiger partial charge on any atom is -0.308 e. The second-order valence-corrected chi connectivity index (χ2v) is 7.52. The van der Waals surface area contributed by atoms with Gasteiger partial charge in [0.15, 0.2) is 0 Å². The smallest absolute Gasteiger partial charge is 0.0309 e. The van der Waals surface area contributed by atoms with Crippen molar-refractivity contribution in [2.75, 3.05) is 39.3 Å². The highest BCUT2D eigenvalue weighted by atomic mass is 15.3. The molecule has 0 amide bonds. The van der Waals surface area contributed by atoms with E-state index in [9.17, 15) is 0 Å². The van der Waals surface area contributed by atoms with E-state index >= 15 is 0 Å². The van der Waals surface area contributed by atoms with Gasteiger partial charge < -0.3 is 10.2 Å². The first-order chi connectivity index (χ1) is 9.71. The van der Waals surface area contributed by atoms with Crippen molar-refractivity contribution in [2.45, 2.75) is 64.0 Å². The molecule has 3 nitrogen and oxygen atoms in total. The van der Waals surface area contributed by atoms with Crippen LogP contribution < -0.4 is 5.32 Å². The zero-order chi connectivity index (χ0) is 14.0. The maximum atomic E-state index is 3.88. The lowest BCUT2D eigenvalue weighted by Gasteiger charge is -2.47. The lowest BCUT2D eigenvalue weighted by molar-refractivity contribution is 0.0595. The van der Waals surface area contributed by atoms with Crippen LogP contribution in [0, 0.1) is 5.92 Å². The topological polar surface area (TPSA) is 18.5 Å². The van der Waals surface area contributed by atoms with E-state index < -0.39 is 0 Å². The second-order valence-electron chi connectivity index (χ2n) is 7.52. The average Bonchev–Trinajstić information content (AvgIpc) is 2.92. The van der Waals surface area contributed by atoms with Crippen molar-refractivity contribution in [3.63, 3.8) is 0 Å². The third-order valence-corrected chi connectivity index (χ3v) is 6.11. The summed E-state index contributed by atoms with van der Waals surface area (Å²) in [5.74, 6) is 0.941. The van der Waals surface area contributed by atoms with Crippen LogP contribution in [-0.4, -0.2) is 60.6 Å². The summed E-state index contributed by atoms with van der Waals surface area (Å²) in [6.45, 7) is 12.5. The molecule has 0 aromatic rings. The zero-order valence-corrected chi connectivity index (χ0v) is 13.5. The quantitative estimate of drug-likeness (QED) is 0.855. The molecule has 2 heterocycles. The van der Waals surface area contributed by atoms with Crippen molar-refractivity contribution >= 4 is 0 Å². The number of hydrogen-bond donors (Lipinski definition) is 1. The number of piperazine rings is 1. The Bertz CT molecular complexity index is 303. The number of rotatable bonds is 3. The molecule has 3 rings (SSSR count). The van der Waals surface area contributed by atoms with Crippen molar-refractivity contribution < 1.29 is 0 Å². The fourth-order valence-electron chi connectivity index (χ4n) is 4.54. The molecule has 0 radical (unpaired) electrons.